The van der Waals surface area contributed by atoms with Crippen LogP contribution in [0.1, 0.15) is 33.1 Å². The van der Waals surface area contributed by atoms with Gasteiger partial charge in [0.1, 0.15) is 0 Å². The number of ether oxygens (including phenoxy) is 2. The summed E-state index contributed by atoms with van der Waals surface area (Å²) in [6.45, 7) is 7.29. The third-order valence-electron chi connectivity index (χ3n) is 3.68. The molecular weight excluding hydrogens is 218 g/mol. The highest BCUT2D eigenvalue weighted by Crippen LogP contribution is 2.20. The average molecular weight is 245 g/mol. The standard InChI is InChI=1S/C13H27NO3/c1-4-11(5-2)14(7-9-16-3)12-10-17-8-6-13(12)15/h11-13,15H,4-10H2,1-3H3. The number of rotatable bonds is 7. The number of hydrogen-bond donors (Lipinski definition) is 1. The molecule has 1 rings (SSSR count). The lowest BCUT2D eigenvalue weighted by Crippen LogP contribution is -2.54. The molecule has 1 N–H and O–H groups in total. The summed E-state index contributed by atoms with van der Waals surface area (Å²) in [5, 5.41) is 10.1. The lowest BCUT2D eigenvalue weighted by molar-refractivity contribution is -0.0789. The first kappa shape index (κ1) is 14.9. The van der Waals surface area contributed by atoms with Gasteiger partial charge in [0.2, 0.25) is 0 Å². The molecule has 4 nitrogen and oxygen atoms in total. The molecule has 2 unspecified atom stereocenters. The molecule has 0 aromatic heterocycles. The Morgan fingerprint density at radius 3 is 2.65 bits per heavy atom. The zero-order valence-electron chi connectivity index (χ0n) is 11.4. The Kier molecular flexibility index (Phi) is 7.04. The topological polar surface area (TPSA) is 41.9 Å². The van der Waals surface area contributed by atoms with Gasteiger partial charge in [-0.15, -0.1) is 0 Å². The number of aliphatic hydroxyl groups excluding tert-OH is 1. The van der Waals surface area contributed by atoms with Gasteiger partial charge >= 0.3 is 0 Å². The van der Waals surface area contributed by atoms with E-state index in [1.807, 2.05) is 0 Å². The van der Waals surface area contributed by atoms with Gasteiger partial charge in [0, 0.05) is 26.3 Å². The normalized spacial score (nSPS) is 25.8. The highest BCUT2D eigenvalue weighted by molar-refractivity contribution is 4.85. The van der Waals surface area contributed by atoms with Crippen molar-refractivity contribution in [3.8, 4) is 0 Å². The molecule has 0 aromatic carbocycles. The Balaban J connectivity index is 2.65. The van der Waals surface area contributed by atoms with Crippen molar-refractivity contribution in [1.82, 2.24) is 4.90 Å². The fourth-order valence-corrected chi connectivity index (χ4v) is 2.60. The van der Waals surface area contributed by atoms with Crippen LogP contribution in [0.25, 0.3) is 0 Å². The third-order valence-corrected chi connectivity index (χ3v) is 3.68. The minimum absolute atomic E-state index is 0.129. The van der Waals surface area contributed by atoms with Gasteiger partial charge in [0.05, 0.1) is 25.4 Å². The fourth-order valence-electron chi connectivity index (χ4n) is 2.60. The molecule has 1 aliphatic heterocycles. The largest absolute Gasteiger partial charge is 0.391 e. The Labute approximate surface area is 105 Å². The molecule has 4 heteroatoms. The van der Waals surface area contributed by atoms with Gasteiger partial charge in [-0.05, 0) is 19.3 Å². The van der Waals surface area contributed by atoms with Gasteiger partial charge in [0.15, 0.2) is 0 Å². The number of hydrogen-bond acceptors (Lipinski definition) is 4. The highest BCUT2D eigenvalue weighted by Gasteiger charge is 2.32. The van der Waals surface area contributed by atoms with Crippen LogP contribution in [-0.2, 0) is 9.47 Å². The fraction of sp³-hybridized carbons (Fsp3) is 1.00. The molecule has 1 fully saturated rings. The summed E-state index contributed by atoms with van der Waals surface area (Å²) in [5.74, 6) is 0. The quantitative estimate of drug-likeness (QED) is 0.733. The minimum Gasteiger partial charge on any atom is -0.391 e. The van der Waals surface area contributed by atoms with Gasteiger partial charge in [0.25, 0.3) is 0 Å². The van der Waals surface area contributed by atoms with E-state index in [-0.39, 0.29) is 12.1 Å². The summed E-state index contributed by atoms with van der Waals surface area (Å²) in [6, 6.07) is 0.635. The summed E-state index contributed by atoms with van der Waals surface area (Å²) in [6.07, 6.45) is 2.68. The summed E-state index contributed by atoms with van der Waals surface area (Å²) in [5.41, 5.74) is 0. The monoisotopic (exact) mass is 245 g/mol. The third kappa shape index (κ3) is 4.21. The predicted octanol–water partition coefficient (Wildman–Crippen LogP) is 1.27. The maximum Gasteiger partial charge on any atom is 0.0739 e. The van der Waals surface area contributed by atoms with Gasteiger partial charge < -0.3 is 14.6 Å². The molecule has 102 valence electrons. The molecule has 0 saturated carbocycles. The number of nitrogens with zero attached hydrogens (tertiary/aromatic N) is 1. The molecule has 0 spiro atoms. The maximum atomic E-state index is 10.1. The van der Waals surface area contributed by atoms with Gasteiger partial charge in [-0.2, -0.15) is 0 Å². The van der Waals surface area contributed by atoms with E-state index in [2.05, 4.69) is 18.7 Å². The van der Waals surface area contributed by atoms with Crippen LogP contribution in [0.15, 0.2) is 0 Å². The zero-order valence-corrected chi connectivity index (χ0v) is 11.4. The van der Waals surface area contributed by atoms with E-state index in [1.54, 1.807) is 7.11 Å². The van der Waals surface area contributed by atoms with Crippen LogP contribution in [0, 0.1) is 0 Å². The average Bonchev–Trinajstić information content (AvgIpc) is 2.36. The maximum absolute atomic E-state index is 10.1. The molecule has 0 amide bonds. The lowest BCUT2D eigenvalue weighted by atomic mass is 10.0. The molecule has 17 heavy (non-hydrogen) atoms. The molecule has 2 atom stereocenters. The van der Waals surface area contributed by atoms with Gasteiger partial charge in [-0.1, -0.05) is 13.8 Å². The molecule has 1 saturated heterocycles. The first-order chi connectivity index (χ1) is 8.24. The van der Waals surface area contributed by atoms with Crippen molar-refractivity contribution in [2.24, 2.45) is 0 Å². The highest BCUT2D eigenvalue weighted by atomic mass is 16.5. The van der Waals surface area contributed by atoms with Crippen molar-refractivity contribution in [2.75, 3.05) is 33.5 Å². The number of methoxy groups -OCH3 is 1. The smallest absolute Gasteiger partial charge is 0.0739 e. The van der Waals surface area contributed by atoms with Crippen LogP contribution in [0.3, 0.4) is 0 Å². The first-order valence-corrected chi connectivity index (χ1v) is 6.75. The lowest BCUT2D eigenvalue weighted by Gasteiger charge is -2.41. The van der Waals surface area contributed by atoms with E-state index < -0.39 is 0 Å². The van der Waals surface area contributed by atoms with E-state index >= 15 is 0 Å². The van der Waals surface area contributed by atoms with E-state index in [9.17, 15) is 5.11 Å². The van der Waals surface area contributed by atoms with Crippen LogP contribution < -0.4 is 0 Å². The van der Waals surface area contributed by atoms with Crippen molar-refractivity contribution in [3.05, 3.63) is 0 Å². The molecular formula is C13H27NO3. The predicted molar refractivity (Wildman–Crippen MR) is 68.2 cm³/mol. The van der Waals surface area contributed by atoms with Crippen LogP contribution >= 0.6 is 0 Å². The van der Waals surface area contributed by atoms with Crippen molar-refractivity contribution >= 4 is 0 Å². The Morgan fingerprint density at radius 2 is 2.12 bits per heavy atom. The second-order valence-corrected chi connectivity index (χ2v) is 4.70. The van der Waals surface area contributed by atoms with Crippen LogP contribution in [0.2, 0.25) is 0 Å². The second-order valence-electron chi connectivity index (χ2n) is 4.70. The minimum atomic E-state index is -0.263. The van der Waals surface area contributed by atoms with E-state index in [4.69, 9.17) is 9.47 Å². The van der Waals surface area contributed by atoms with Crippen LogP contribution in [0.5, 0.6) is 0 Å². The summed E-state index contributed by atoms with van der Waals surface area (Å²) >= 11 is 0. The zero-order chi connectivity index (χ0) is 12.7. The Hall–Kier alpha value is -0.160. The second kappa shape index (κ2) is 8.03. The molecule has 0 bridgehead atoms. The van der Waals surface area contributed by atoms with E-state index in [1.165, 1.54) is 0 Å². The summed E-state index contributed by atoms with van der Waals surface area (Å²) in [4.78, 5) is 2.37. The Bertz CT molecular complexity index is 197. The van der Waals surface area contributed by atoms with Crippen molar-refractivity contribution in [2.45, 2.75) is 51.3 Å². The molecule has 0 aromatic rings. The van der Waals surface area contributed by atoms with Crippen molar-refractivity contribution in [1.29, 1.82) is 0 Å². The van der Waals surface area contributed by atoms with E-state index in [0.29, 0.717) is 25.9 Å². The van der Waals surface area contributed by atoms with Gasteiger partial charge in [-0.3, -0.25) is 4.90 Å². The first-order valence-electron chi connectivity index (χ1n) is 6.75. The molecule has 1 aliphatic rings. The molecule has 0 radical (unpaired) electrons. The molecule has 1 heterocycles. The van der Waals surface area contributed by atoms with Crippen LogP contribution in [0.4, 0.5) is 0 Å². The van der Waals surface area contributed by atoms with Crippen molar-refractivity contribution in [3.63, 3.8) is 0 Å². The van der Waals surface area contributed by atoms with E-state index in [0.717, 1.165) is 25.8 Å². The summed E-state index contributed by atoms with van der Waals surface area (Å²) < 4.78 is 10.7. The summed E-state index contributed by atoms with van der Waals surface area (Å²) in [7, 11) is 1.72. The Morgan fingerprint density at radius 1 is 1.41 bits per heavy atom. The number of aliphatic hydroxyl groups is 1. The SMILES string of the molecule is CCC(CC)N(CCOC)C1COCCC1O. The molecule has 0 aliphatic carbocycles. The van der Waals surface area contributed by atoms with Gasteiger partial charge in [-0.25, -0.2) is 0 Å². The van der Waals surface area contributed by atoms with Crippen LogP contribution in [-0.4, -0.2) is 61.7 Å². The van der Waals surface area contributed by atoms with Crippen molar-refractivity contribution < 1.29 is 14.6 Å².